The molecule has 7 heteroatoms. The molecular weight excluding hydrogens is 382 g/mol. The summed E-state index contributed by atoms with van der Waals surface area (Å²) in [6, 6.07) is 13.3. The lowest BCUT2D eigenvalue weighted by molar-refractivity contribution is -0.384. The number of hydrogen-bond acceptors (Lipinski definition) is 5. The molecule has 1 saturated heterocycles. The van der Waals surface area contributed by atoms with Crippen molar-refractivity contribution in [2.45, 2.75) is 39.5 Å². The van der Waals surface area contributed by atoms with Crippen molar-refractivity contribution in [3.8, 4) is 5.75 Å². The number of non-ortho nitro benzene ring substituents is 1. The van der Waals surface area contributed by atoms with Gasteiger partial charge in [0, 0.05) is 24.4 Å². The van der Waals surface area contributed by atoms with Crippen molar-refractivity contribution in [2.75, 3.05) is 25.0 Å². The third-order valence-electron chi connectivity index (χ3n) is 5.17. The maximum absolute atomic E-state index is 12.1. The van der Waals surface area contributed by atoms with Crippen LogP contribution in [0.2, 0.25) is 0 Å². The third kappa shape index (κ3) is 6.29. The summed E-state index contributed by atoms with van der Waals surface area (Å²) < 4.78 is 5.17. The summed E-state index contributed by atoms with van der Waals surface area (Å²) in [4.78, 5) is 24.8. The Labute approximate surface area is 177 Å². The molecule has 30 heavy (non-hydrogen) atoms. The zero-order valence-corrected chi connectivity index (χ0v) is 17.8. The molecule has 0 aromatic heterocycles. The SMILES string of the molecule is CC(C)(C)CN1CCC(c2ccc(NC(=O)Oc3ccc([N+](=O)[O-])cc3)cc2)CC1. The van der Waals surface area contributed by atoms with Gasteiger partial charge >= 0.3 is 6.09 Å². The number of hydrogen-bond donors (Lipinski definition) is 1. The molecule has 0 radical (unpaired) electrons. The minimum absolute atomic E-state index is 0.0532. The molecule has 2 aromatic rings. The summed E-state index contributed by atoms with van der Waals surface area (Å²) in [5.41, 5.74) is 2.21. The molecule has 1 N–H and O–H groups in total. The van der Waals surface area contributed by atoms with E-state index in [9.17, 15) is 14.9 Å². The molecule has 0 bridgehead atoms. The van der Waals surface area contributed by atoms with Crippen LogP contribution in [0.1, 0.15) is 45.1 Å². The smallest absolute Gasteiger partial charge is 0.410 e. The third-order valence-corrected chi connectivity index (χ3v) is 5.17. The minimum Gasteiger partial charge on any atom is -0.410 e. The van der Waals surface area contributed by atoms with Crippen LogP contribution in [0.4, 0.5) is 16.2 Å². The van der Waals surface area contributed by atoms with Gasteiger partial charge in [0.15, 0.2) is 0 Å². The number of nitro benzene ring substituents is 1. The Morgan fingerprint density at radius 1 is 1.10 bits per heavy atom. The van der Waals surface area contributed by atoms with Crippen LogP contribution in [-0.2, 0) is 0 Å². The molecule has 0 spiro atoms. The number of ether oxygens (including phenoxy) is 1. The second-order valence-electron chi connectivity index (χ2n) is 9.00. The highest BCUT2D eigenvalue weighted by atomic mass is 16.6. The predicted octanol–water partition coefficient (Wildman–Crippen LogP) is 5.43. The zero-order chi connectivity index (χ0) is 21.7. The molecule has 0 saturated carbocycles. The number of carbonyl (C=O) groups excluding carboxylic acids is 1. The molecule has 1 aliphatic heterocycles. The summed E-state index contributed by atoms with van der Waals surface area (Å²) in [5, 5.41) is 13.4. The molecule has 1 aliphatic rings. The Bertz CT molecular complexity index is 865. The quantitative estimate of drug-likeness (QED) is 0.524. The van der Waals surface area contributed by atoms with E-state index in [1.165, 1.54) is 29.8 Å². The Hall–Kier alpha value is -2.93. The van der Waals surface area contributed by atoms with Gasteiger partial charge in [-0.15, -0.1) is 0 Å². The first-order chi connectivity index (χ1) is 14.2. The van der Waals surface area contributed by atoms with E-state index < -0.39 is 11.0 Å². The molecule has 1 amide bonds. The normalized spacial score (nSPS) is 15.6. The fourth-order valence-electron chi connectivity index (χ4n) is 3.82. The number of anilines is 1. The van der Waals surface area contributed by atoms with Gasteiger partial charge in [-0.05, 0) is 67.1 Å². The van der Waals surface area contributed by atoms with E-state index in [4.69, 9.17) is 4.74 Å². The first kappa shape index (κ1) is 21.8. The van der Waals surface area contributed by atoms with Crippen molar-refractivity contribution in [1.29, 1.82) is 0 Å². The number of benzene rings is 2. The molecule has 3 rings (SSSR count). The number of carbonyl (C=O) groups is 1. The van der Waals surface area contributed by atoms with Gasteiger partial charge in [0.1, 0.15) is 5.75 Å². The summed E-state index contributed by atoms with van der Waals surface area (Å²) in [5.74, 6) is 0.791. The topological polar surface area (TPSA) is 84.7 Å². The number of nitrogens with zero attached hydrogens (tertiary/aromatic N) is 2. The molecule has 1 heterocycles. The molecule has 0 aliphatic carbocycles. The van der Waals surface area contributed by atoms with Gasteiger partial charge in [-0.25, -0.2) is 4.79 Å². The Morgan fingerprint density at radius 2 is 1.70 bits per heavy atom. The van der Waals surface area contributed by atoms with Gasteiger partial charge in [0.25, 0.3) is 5.69 Å². The lowest BCUT2D eigenvalue weighted by atomic mass is 9.88. The Morgan fingerprint density at radius 3 is 2.23 bits per heavy atom. The standard InChI is InChI=1S/C23H29N3O4/c1-23(2,3)16-25-14-12-18(13-15-25)17-4-6-19(7-5-17)24-22(27)30-21-10-8-20(9-11-21)26(28)29/h4-11,18H,12-16H2,1-3H3,(H,24,27). The molecule has 7 nitrogen and oxygen atoms in total. The van der Waals surface area contributed by atoms with Crippen LogP contribution in [0, 0.1) is 15.5 Å². The fraction of sp³-hybridized carbons (Fsp3) is 0.435. The summed E-state index contributed by atoms with van der Waals surface area (Å²) >= 11 is 0. The molecule has 160 valence electrons. The van der Waals surface area contributed by atoms with E-state index in [-0.39, 0.29) is 11.4 Å². The highest BCUT2D eigenvalue weighted by Gasteiger charge is 2.23. The zero-order valence-electron chi connectivity index (χ0n) is 17.8. The van der Waals surface area contributed by atoms with E-state index >= 15 is 0 Å². The molecule has 0 unspecified atom stereocenters. The summed E-state index contributed by atoms with van der Waals surface area (Å²) in [7, 11) is 0. The second-order valence-corrected chi connectivity index (χ2v) is 9.00. The Balaban J connectivity index is 1.49. The van der Waals surface area contributed by atoms with Crippen molar-refractivity contribution in [1.82, 2.24) is 4.90 Å². The fourth-order valence-corrected chi connectivity index (χ4v) is 3.82. The predicted molar refractivity (Wildman–Crippen MR) is 117 cm³/mol. The van der Waals surface area contributed by atoms with Crippen LogP contribution in [-0.4, -0.2) is 35.6 Å². The van der Waals surface area contributed by atoms with E-state index in [1.54, 1.807) is 0 Å². The summed E-state index contributed by atoms with van der Waals surface area (Å²) in [6.45, 7) is 10.2. The first-order valence-corrected chi connectivity index (χ1v) is 10.3. The number of piperidine rings is 1. The maximum Gasteiger partial charge on any atom is 0.417 e. The monoisotopic (exact) mass is 411 g/mol. The number of nitro groups is 1. The van der Waals surface area contributed by atoms with Gasteiger partial charge in [-0.1, -0.05) is 32.9 Å². The van der Waals surface area contributed by atoms with Crippen LogP contribution < -0.4 is 10.1 Å². The maximum atomic E-state index is 12.1. The average Bonchev–Trinajstić information content (AvgIpc) is 2.68. The van der Waals surface area contributed by atoms with Crippen molar-refractivity contribution >= 4 is 17.5 Å². The van der Waals surface area contributed by atoms with Gasteiger partial charge in [0.2, 0.25) is 0 Å². The van der Waals surface area contributed by atoms with E-state index in [0.717, 1.165) is 32.5 Å². The van der Waals surface area contributed by atoms with Crippen molar-refractivity contribution < 1.29 is 14.5 Å². The highest BCUT2D eigenvalue weighted by molar-refractivity contribution is 5.86. The van der Waals surface area contributed by atoms with Gasteiger partial charge in [-0.3, -0.25) is 15.4 Å². The summed E-state index contributed by atoms with van der Waals surface area (Å²) in [6.07, 6.45) is 1.66. The largest absolute Gasteiger partial charge is 0.417 e. The van der Waals surface area contributed by atoms with Crippen LogP contribution >= 0.6 is 0 Å². The highest BCUT2D eigenvalue weighted by Crippen LogP contribution is 2.30. The lowest BCUT2D eigenvalue weighted by Gasteiger charge is -2.36. The minimum atomic E-state index is -0.632. The van der Waals surface area contributed by atoms with Gasteiger partial charge in [0.05, 0.1) is 4.92 Å². The van der Waals surface area contributed by atoms with E-state index in [2.05, 4.69) is 43.1 Å². The van der Waals surface area contributed by atoms with Crippen molar-refractivity contribution in [2.24, 2.45) is 5.41 Å². The second kappa shape index (κ2) is 9.26. The number of rotatable bonds is 5. The number of nitrogens with one attached hydrogen (secondary N) is 1. The number of amides is 1. The van der Waals surface area contributed by atoms with Crippen molar-refractivity contribution in [3.05, 3.63) is 64.2 Å². The molecule has 1 fully saturated rings. The average molecular weight is 412 g/mol. The van der Waals surface area contributed by atoms with Gasteiger partial charge in [-0.2, -0.15) is 0 Å². The first-order valence-electron chi connectivity index (χ1n) is 10.3. The van der Waals surface area contributed by atoms with Crippen LogP contribution in [0.3, 0.4) is 0 Å². The molecular formula is C23H29N3O4. The van der Waals surface area contributed by atoms with Crippen LogP contribution in [0.25, 0.3) is 0 Å². The van der Waals surface area contributed by atoms with Gasteiger partial charge < -0.3 is 9.64 Å². The molecule has 2 aromatic carbocycles. The van der Waals surface area contributed by atoms with Crippen molar-refractivity contribution in [3.63, 3.8) is 0 Å². The van der Waals surface area contributed by atoms with Crippen LogP contribution in [0.5, 0.6) is 5.75 Å². The lowest BCUT2D eigenvalue weighted by Crippen LogP contribution is -2.38. The Kier molecular flexibility index (Phi) is 6.72. The molecule has 0 atom stereocenters. The van der Waals surface area contributed by atoms with E-state index in [0.29, 0.717) is 17.0 Å². The van der Waals surface area contributed by atoms with E-state index in [1.807, 2.05) is 12.1 Å². The number of likely N-dealkylation sites (tertiary alicyclic amines) is 1. The van der Waals surface area contributed by atoms with Crippen LogP contribution in [0.15, 0.2) is 48.5 Å².